The lowest BCUT2D eigenvalue weighted by Crippen LogP contribution is -2.40. The molecule has 176 valence electrons. The van der Waals surface area contributed by atoms with E-state index in [1.54, 1.807) is 32.4 Å². The number of aryl methyl sites for hydroxylation is 1. The normalized spacial score (nSPS) is 16.0. The molecule has 2 aromatic carbocycles. The zero-order chi connectivity index (χ0) is 23.0. The van der Waals surface area contributed by atoms with E-state index < -0.39 is 10.0 Å². The van der Waals surface area contributed by atoms with Crippen molar-refractivity contribution >= 4 is 10.0 Å². The van der Waals surface area contributed by atoms with Crippen LogP contribution in [-0.4, -0.2) is 60.4 Å². The summed E-state index contributed by atoms with van der Waals surface area (Å²) in [4.78, 5) is 2.60. The van der Waals surface area contributed by atoms with Gasteiger partial charge < -0.3 is 14.2 Å². The van der Waals surface area contributed by atoms with Crippen LogP contribution in [0.2, 0.25) is 0 Å². The SMILES string of the molecule is COCCOc1ccc(S(=O)(=O)NCC(c2ccc(OC)cc2)N2CCCCC2)cc1C. The van der Waals surface area contributed by atoms with Gasteiger partial charge in [-0.1, -0.05) is 18.6 Å². The molecule has 0 aliphatic carbocycles. The minimum absolute atomic E-state index is 0.0336. The summed E-state index contributed by atoms with van der Waals surface area (Å²) < 4.78 is 44.9. The summed E-state index contributed by atoms with van der Waals surface area (Å²) in [5, 5.41) is 0. The molecule has 8 heteroatoms. The third kappa shape index (κ3) is 6.45. The Morgan fingerprint density at radius 1 is 1.00 bits per heavy atom. The predicted molar refractivity (Wildman–Crippen MR) is 125 cm³/mol. The molecule has 3 rings (SSSR count). The predicted octanol–water partition coefficient (Wildman–Crippen LogP) is 3.53. The minimum atomic E-state index is -3.66. The number of methoxy groups -OCH3 is 2. The Labute approximate surface area is 191 Å². The third-order valence-corrected chi connectivity index (χ3v) is 7.22. The number of sulfonamides is 1. The fourth-order valence-electron chi connectivity index (χ4n) is 3.97. The number of nitrogens with zero attached hydrogens (tertiary/aromatic N) is 1. The van der Waals surface area contributed by atoms with Crippen LogP contribution < -0.4 is 14.2 Å². The summed E-state index contributed by atoms with van der Waals surface area (Å²) >= 11 is 0. The monoisotopic (exact) mass is 462 g/mol. The van der Waals surface area contributed by atoms with Gasteiger partial charge in [-0.3, -0.25) is 4.90 Å². The van der Waals surface area contributed by atoms with E-state index in [0.29, 0.717) is 25.5 Å². The molecule has 2 aromatic rings. The molecule has 1 saturated heterocycles. The molecule has 1 atom stereocenters. The molecular formula is C24H34N2O5S. The van der Waals surface area contributed by atoms with E-state index in [1.165, 1.54) is 6.42 Å². The van der Waals surface area contributed by atoms with Gasteiger partial charge in [0, 0.05) is 19.7 Å². The van der Waals surface area contributed by atoms with Crippen molar-refractivity contribution in [3.63, 3.8) is 0 Å². The molecular weight excluding hydrogens is 428 g/mol. The maximum atomic E-state index is 13.1. The molecule has 0 amide bonds. The number of ether oxygens (including phenoxy) is 3. The van der Waals surface area contributed by atoms with Crippen molar-refractivity contribution in [3.05, 3.63) is 53.6 Å². The molecule has 1 fully saturated rings. The zero-order valence-electron chi connectivity index (χ0n) is 19.2. The van der Waals surface area contributed by atoms with Crippen LogP contribution in [0.3, 0.4) is 0 Å². The second-order valence-electron chi connectivity index (χ2n) is 8.01. The first-order valence-electron chi connectivity index (χ1n) is 11.0. The van der Waals surface area contributed by atoms with E-state index in [1.807, 2.05) is 31.2 Å². The van der Waals surface area contributed by atoms with Gasteiger partial charge >= 0.3 is 0 Å². The Bertz CT molecular complexity index is 957. The number of piperidine rings is 1. The van der Waals surface area contributed by atoms with E-state index in [2.05, 4.69) is 9.62 Å². The number of hydrogen-bond donors (Lipinski definition) is 1. The van der Waals surface area contributed by atoms with Gasteiger partial charge in [-0.2, -0.15) is 0 Å². The van der Waals surface area contributed by atoms with Gasteiger partial charge in [0.1, 0.15) is 18.1 Å². The fraction of sp³-hybridized carbons (Fsp3) is 0.500. The van der Waals surface area contributed by atoms with Crippen molar-refractivity contribution in [2.24, 2.45) is 0 Å². The molecule has 1 heterocycles. The molecule has 1 aliphatic heterocycles. The van der Waals surface area contributed by atoms with E-state index in [-0.39, 0.29) is 10.9 Å². The van der Waals surface area contributed by atoms with Gasteiger partial charge in [-0.15, -0.1) is 0 Å². The summed E-state index contributed by atoms with van der Waals surface area (Å²) in [6, 6.07) is 12.8. The van der Waals surface area contributed by atoms with Crippen LogP contribution in [0, 0.1) is 6.92 Å². The average Bonchev–Trinajstić information content (AvgIpc) is 2.81. The third-order valence-electron chi connectivity index (χ3n) is 5.80. The first kappa shape index (κ1) is 24.5. The van der Waals surface area contributed by atoms with Gasteiger partial charge in [-0.25, -0.2) is 13.1 Å². The fourth-order valence-corrected chi connectivity index (χ4v) is 5.09. The number of likely N-dealkylation sites (tertiary alicyclic amines) is 1. The molecule has 32 heavy (non-hydrogen) atoms. The second kappa shape index (κ2) is 11.7. The van der Waals surface area contributed by atoms with Crippen LogP contribution in [0.15, 0.2) is 47.4 Å². The molecule has 0 bridgehead atoms. The molecule has 7 nitrogen and oxygen atoms in total. The van der Waals surface area contributed by atoms with Crippen molar-refractivity contribution in [1.82, 2.24) is 9.62 Å². The lowest BCUT2D eigenvalue weighted by Gasteiger charge is -2.35. The van der Waals surface area contributed by atoms with Gasteiger partial charge in [0.25, 0.3) is 0 Å². The van der Waals surface area contributed by atoms with Crippen molar-refractivity contribution in [3.8, 4) is 11.5 Å². The summed E-state index contributed by atoms with van der Waals surface area (Å²) in [6.45, 7) is 4.97. The second-order valence-corrected chi connectivity index (χ2v) is 9.77. The maximum Gasteiger partial charge on any atom is 0.240 e. The summed E-state index contributed by atoms with van der Waals surface area (Å²) in [5.74, 6) is 1.44. The summed E-state index contributed by atoms with van der Waals surface area (Å²) in [7, 11) is -0.409. The van der Waals surface area contributed by atoms with Crippen LogP contribution in [0.25, 0.3) is 0 Å². The highest BCUT2D eigenvalue weighted by atomic mass is 32.2. The smallest absolute Gasteiger partial charge is 0.240 e. The first-order chi connectivity index (χ1) is 15.4. The molecule has 1 aliphatic rings. The number of hydrogen-bond acceptors (Lipinski definition) is 6. The number of nitrogens with one attached hydrogen (secondary N) is 1. The highest BCUT2D eigenvalue weighted by Gasteiger charge is 2.25. The Kier molecular flexibility index (Phi) is 8.92. The van der Waals surface area contributed by atoms with Crippen molar-refractivity contribution < 1.29 is 22.6 Å². The Hall–Kier alpha value is -2.13. The van der Waals surface area contributed by atoms with E-state index in [4.69, 9.17) is 14.2 Å². The maximum absolute atomic E-state index is 13.1. The van der Waals surface area contributed by atoms with Crippen LogP contribution in [-0.2, 0) is 14.8 Å². The van der Waals surface area contributed by atoms with Crippen LogP contribution in [0.5, 0.6) is 11.5 Å². The van der Waals surface area contributed by atoms with Gasteiger partial charge in [0.15, 0.2) is 0 Å². The van der Waals surface area contributed by atoms with E-state index >= 15 is 0 Å². The largest absolute Gasteiger partial charge is 0.497 e. The summed E-state index contributed by atoms with van der Waals surface area (Å²) in [6.07, 6.45) is 3.47. The highest BCUT2D eigenvalue weighted by molar-refractivity contribution is 7.89. The lowest BCUT2D eigenvalue weighted by molar-refractivity contribution is 0.146. The van der Waals surface area contributed by atoms with Crippen LogP contribution in [0.4, 0.5) is 0 Å². The topological polar surface area (TPSA) is 77.1 Å². The molecule has 1 N–H and O–H groups in total. The van der Waals surface area contributed by atoms with Crippen LogP contribution in [0.1, 0.15) is 36.4 Å². The van der Waals surface area contributed by atoms with Gasteiger partial charge in [0.05, 0.1) is 18.6 Å². The molecule has 0 aromatic heterocycles. The molecule has 0 spiro atoms. The van der Waals surface area contributed by atoms with Crippen molar-refractivity contribution in [2.45, 2.75) is 37.1 Å². The number of rotatable bonds is 11. The van der Waals surface area contributed by atoms with Gasteiger partial charge in [-0.05, 0) is 74.3 Å². The minimum Gasteiger partial charge on any atom is -0.497 e. The zero-order valence-corrected chi connectivity index (χ0v) is 20.0. The Balaban J connectivity index is 1.74. The van der Waals surface area contributed by atoms with Crippen molar-refractivity contribution in [2.75, 3.05) is 47.1 Å². The summed E-state index contributed by atoms with van der Waals surface area (Å²) in [5.41, 5.74) is 1.85. The average molecular weight is 463 g/mol. The number of benzene rings is 2. The quantitative estimate of drug-likeness (QED) is 0.515. The lowest BCUT2D eigenvalue weighted by atomic mass is 10.0. The van der Waals surface area contributed by atoms with Crippen molar-refractivity contribution in [1.29, 1.82) is 0 Å². The molecule has 0 saturated carbocycles. The highest BCUT2D eigenvalue weighted by Crippen LogP contribution is 2.27. The van der Waals surface area contributed by atoms with Gasteiger partial charge in [0.2, 0.25) is 10.0 Å². The standard InChI is InChI=1S/C24H34N2O5S/c1-19-17-22(11-12-24(19)31-16-15-29-2)32(27,28)25-18-23(26-13-5-4-6-14-26)20-7-9-21(30-3)10-8-20/h7-12,17,23,25H,4-6,13-16,18H2,1-3H3. The Morgan fingerprint density at radius 3 is 2.34 bits per heavy atom. The van der Waals surface area contributed by atoms with E-state index in [0.717, 1.165) is 42.8 Å². The van der Waals surface area contributed by atoms with Crippen LogP contribution >= 0.6 is 0 Å². The molecule has 0 radical (unpaired) electrons. The Morgan fingerprint density at radius 2 is 1.72 bits per heavy atom. The first-order valence-corrected chi connectivity index (χ1v) is 12.5. The molecule has 1 unspecified atom stereocenters. The van der Waals surface area contributed by atoms with E-state index in [9.17, 15) is 8.42 Å².